The number of carbonyl (C=O) groups excluding carboxylic acids is 1. The third-order valence-corrected chi connectivity index (χ3v) is 5.38. The van der Waals surface area contributed by atoms with E-state index in [9.17, 15) is 9.59 Å². The van der Waals surface area contributed by atoms with Crippen LogP contribution in [0.3, 0.4) is 0 Å². The second-order valence-corrected chi connectivity index (χ2v) is 7.04. The van der Waals surface area contributed by atoms with Gasteiger partial charge in [-0.3, -0.25) is 9.36 Å². The molecule has 2 fully saturated rings. The molecule has 7 nitrogen and oxygen atoms in total. The van der Waals surface area contributed by atoms with Crippen molar-refractivity contribution in [3.05, 3.63) is 40.4 Å². The lowest BCUT2D eigenvalue weighted by Crippen LogP contribution is -2.47. The van der Waals surface area contributed by atoms with Gasteiger partial charge in [-0.1, -0.05) is 12.1 Å². The standard InChI is InChI=1S/C19H24N4O3/c1-22-17(21-15-6-3-2-5-14(15)18(22)24)16-7-4-10-23(16)19(25)20-13-8-11-26-12-9-13/h2-3,5-6,13,16H,4,7-12H2,1H3,(H,20,25). The van der Waals surface area contributed by atoms with Crippen molar-refractivity contribution in [3.8, 4) is 0 Å². The summed E-state index contributed by atoms with van der Waals surface area (Å²) in [7, 11) is 1.74. The van der Waals surface area contributed by atoms with Crippen molar-refractivity contribution >= 4 is 16.9 Å². The van der Waals surface area contributed by atoms with Crippen LogP contribution in [0.15, 0.2) is 29.1 Å². The van der Waals surface area contributed by atoms with E-state index in [1.165, 1.54) is 0 Å². The SMILES string of the molecule is Cn1c(C2CCCN2C(=O)NC2CCOCC2)nc2ccccc2c1=O. The van der Waals surface area contributed by atoms with Crippen LogP contribution in [0, 0.1) is 0 Å². The number of urea groups is 1. The third-order valence-electron chi connectivity index (χ3n) is 5.38. The summed E-state index contributed by atoms with van der Waals surface area (Å²) in [5.41, 5.74) is 0.615. The monoisotopic (exact) mass is 356 g/mol. The smallest absolute Gasteiger partial charge is 0.318 e. The van der Waals surface area contributed by atoms with Crippen molar-refractivity contribution in [3.63, 3.8) is 0 Å². The summed E-state index contributed by atoms with van der Waals surface area (Å²) in [6.07, 6.45) is 3.42. The Kier molecular flexibility index (Phi) is 4.63. The molecule has 1 unspecified atom stereocenters. The fraction of sp³-hybridized carbons (Fsp3) is 0.526. The van der Waals surface area contributed by atoms with E-state index in [1.807, 2.05) is 23.1 Å². The zero-order chi connectivity index (χ0) is 18.1. The maximum absolute atomic E-state index is 12.8. The summed E-state index contributed by atoms with van der Waals surface area (Å²) in [4.78, 5) is 32.0. The molecular weight excluding hydrogens is 332 g/mol. The molecule has 2 aliphatic rings. The first-order chi connectivity index (χ1) is 12.6. The first kappa shape index (κ1) is 17.0. The van der Waals surface area contributed by atoms with Gasteiger partial charge < -0.3 is 15.0 Å². The molecule has 1 aromatic heterocycles. The zero-order valence-corrected chi connectivity index (χ0v) is 15.0. The Hall–Kier alpha value is -2.41. The minimum absolute atomic E-state index is 0.0673. The lowest BCUT2D eigenvalue weighted by Gasteiger charge is -2.29. The molecule has 26 heavy (non-hydrogen) atoms. The molecule has 0 radical (unpaired) electrons. The molecule has 0 saturated carbocycles. The highest BCUT2D eigenvalue weighted by Gasteiger charge is 2.34. The fourth-order valence-electron chi connectivity index (χ4n) is 3.91. The van der Waals surface area contributed by atoms with Crippen LogP contribution in [0.25, 0.3) is 10.9 Å². The van der Waals surface area contributed by atoms with Gasteiger partial charge in [-0.15, -0.1) is 0 Å². The summed E-state index contributed by atoms with van der Waals surface area (Å²) >= 11 is 0. The molecule has 1 N–H and O–H groups in total. The van der Waals surface area contributed by atoms with Crippen molar-refractivity contribution in [2.24, 2.45) is 7.05 Å². The van der Waals surface area contributed by atoms with Crippen molar-refractivity contribution < 1.29 is 9.53 Å². The summed E-state index contributed by atoms with van der Waals surface area (Å²) in [6.45, 7) is 2.06. The number of ether oxygens (including phenoxy) is 1. The largest absolute Gasteiger partial charge is 0.381 e. The van der Waals surface area contributed by atoms with E-state index in [2.05, 4.69) is 5.32 Å². The van der Waals surface area contributed by atoms with Crippen LogP contribution in [-0.2, 0) is 11.8 Å². The summed E-state index contributed by atoms with van der Waals surface area (Å²) in [5, 5.41) is 3.73. The van der Waals surface area contributed by atoms with Gasteiger partial charge in [0.25, 0.3) is 5.56 Å². The number of rotatable bonds is 2. The van der Waals surface area contributed by atoms with Gasteiger partial charge >= 0.3 is 6.03 Å². The Balaban J connectivity index is 1.62. The molecule has 2 amide bonds. The average molecular weight is 356 g/mol. The number of nitrogens with one attached hydrogen (secondary N) is 1. The summed E-state index contributed by atoms with van der Waals surface area (Å²) in [6, 6.07) is 7.28. The Labute approximate surface area is 152 Å². The zero-order valence-electron chi connectivity index (χ0n) is 15.0. The molecule has 1 atom stereocenters. The molecule has 0 bridgehead atoms. The van der Waals surface area contributed by atoms with Crippen LogP contribution in [0.4, 0.5) is 4.79 Å². The van der Waals surface area contributed by atoms with Gasteiger partial charge in [-0.05, 0) is 37.8 Å². The van der Waals surface area contributed by atoms with E-state index in [0.29, 0.717) is 36.5 Å². The van der Waals surface area contributed by atoms with Crippen LogP contribution >= 0.6 is 0 Å². The lowest BCUT2D eigenvalue weighted by molar-refractivity contribution is 0.0777. The minimum atomic E-state index is -0.169. The van der Waals surface area contributed by atoms with Gasteiger partial charge in [0, 0.05) is 32.8 Å². The molecule has 4 rings (SSSR count). The van der Waals surface area contributed by atoms with E-state index >= 15 is 0 Å². The molecule has 2 saturated heterocycles. The van der Waals surface area contributed by atoms with E-state index in [-0.39, 0.29) is 23.7 Å². The maximum atomic E-state index is 12.8. The van der Waals surface area contributed by atoms with Gasteiger partial charge in [0.2, 0.25) is 0 Å². The van der Waals surface area contributed by atoms with Gasteiger partial charge in [0.15, 0.2) is 0 Å². The van der Waals surface area contributed by atoms with Gasteiger partial charge in [-0.2, -0.15) is 0 Å². The Morgan fingerprint density at radius 1 is 1.23 bits per heavy atom. The van der Waals surface area contributed by atoms with Crippen LogP contribution in [0.5, 0.6) is 0 Å². The number of benzene rings is 1. The fourth-order valence-corrected chi connectivity index (χ4v) is 3.91. The van der Waals surface area contributed by atoms with E-state index in [4.69, 9.17) is 9.72 Å². The highest BCUT2D eigenvalue weighted by atomic mass is 16.5. The number of amides is 2. The first-order valence-electron chi connectivity index (χ1n) is 9.25. The topological polar surface area (TPSA) is 76.5 Å². The Bertz CT molecular complexity index is 873. The molecule has 2 aromatic rings. The summed E-state index contributed by atoms with van der Waals surface area (Å²) < 4.78 is 6.94. The van der Waals surface area contributed by atoms with Crippen LogP contribution in [0.1, 0.15) is 37.5 Å². The molecule has 0 spiro atoms. The Morgan fingerprint density at radius 2 is 2.00 bits per heavy atom. The first-order valence-corrected chi connectivity index (χ1v) is 9.25. The van der Waals surface area contributed by atoms with E-state index < -0.39 is 0 Å². The molecular formula is C19H24N4O3. The van der Waals surface area contributed by atoms with Crippen LogP contribution < -0.4 is 10.9 Å². The van der Waals surface area contributed by atoms with Crippen LogP contribution in [-0.4, -0.2) is 46.3 Å². The number of aromatic nitrogens is 2. The van der Waals surface area contributed by atoms with Crippen molar-refractivity contribution in [2.45, 2.75) is 37.8 Å². The predicted molar refractivity (Wildman–Crippen MR) is 98.0 cm³/mol. The molecule has 2 aliphatic heterocycles. The highest BCUT2D eigenvalue weighted by molar-refractivity contribution is 5.78. The molecule has 7 heteroatoms. The number of fused-ring (bicyclic) bond motifs is 1. The summed E-state index contributed by atoms with van der Waals surface area (Å²) in [5.74, 6) is 0.660. The Morgan fingerprint density at radius 3 is 2.81 bits per heavy atom. The average Bonchev–Trinajstić information content (AvgIpc) is 3.15. The third kappa shape index (κ3) is 3.07. The van der Waals surface area contributed by atoms with E-state index in [1.54, 1.807) is 17.7 Å². The van der Waals surface area contributed by atoms with Crippen molar-refractivity contribution in [1.29, 1.82) is 0 Å². The lowest BCUT2D eigenvalue weighted by atomic mass is 10.1. The van der Waals surface area contributed by atoms with Crippen molar-refractivity contribution in [1.82, 2.24) is 19.8 Å². The van der Waals surface area contributed by atoms with Gasteiger partial charge in [0.05, 0.1) is 16.9 Å². The normalized spacial score (nSPS) is 21.3. The second-order valence-electron chi connectivity index (χ2n) is 7.04. The van der Waals surface area contributed by atoms with Gasteiger partial charge in [-0.25, -0.2) is 9.78 Å². The number of nitrogens with zero attached hydrogens (tertiary/aromatic N) is 3. The molecule has 0 aliphatic carbocycles. The number of para-hydroxylation sites is 1. The maximum Gasteiger partial charge on any atom is 0.318 e. The second kappa shape index (κ2) is 7.07. The number of carbonyl (C=O) groups is 1. The highest BCUT2D eigenvalue weighted by Crippen LogP contribution is 2.31. The number of hydrogen-bond acceptors (Lipinski definition) is 4. The predicted octanol–water partition coefficient (Wildman–Crippen LogP) is 1.96. The molecule has 138 valence electrons. The van der Waals surface area contributed by atoms with Crippen molar-refractivity contribution in [2.75, 3.05) is 19.8 Å². The number of likely N-dealkylation sites (tertiary alicyclic amines) is 1. The molecule has 1 aromatic carbocycles. The van der Waals surface area contributed by atoms with Crippen LogP contribution in [0.2, 0.25) is 0 Å². The minimum Gasteiger partial charge on any atom is -0.381 e. The number of hydrogen-bond donors (Lipinski definition) is 1. The molecule has 3 heterocycles. The quantitative estimate of drug-likeness (QED) is 0.892. The van der Waals surface area contributed by atoms with E-state index in [0.717, 1.165) is 25.7 Å². The van der Waals surface area contributed by atoms with Gasteiger partial charge in [0.1, 0.15) is 5.82 Å².